The zero-order valence-electron chi connectivity index (χ0n) is 10.5. The topological polar surface area (TPSA) is 17.1 Å². The van der Waals surface area contributed by atoms with Crippen LogP contribution in [0.25, 0.3) is 0 Å². The summed E-state index contributed by atoms with van der Waals surface area (Å²) in [6, 6.07) is 9.10. The maximum Gasteiger partial charge on any atom is 0.245 e. The van der Waals surface area contributed by atoms with Gasteiger partial charge in [-0.2, -0.15) is 0 Å². The molecule has 1 aromatic carbocycles. The molecule has 0 N–H and O–H groups in total. The second-order valence-electron chi connectivity index (χ2n) is 4.38. The largest absolute Gasteiger partial charge is 0.282 e. The first-order valence-corrected chi connectivity index (χ1v) is 7.07. The number of unbranched alkanes of at least 4 members (excludes halogenated alkanes) is 2. The maximum atomic E-state index is 12.5. The fourth-order valence-electron chi connectivity index (χ4n) is 1.54. The summed E-state index contributed by atoms with van der Waals surface area (Å²) >= 11 is 1.26. The Morgan fingerprint density at radius 3 is 2.44 bits per heavy atom. The van der Waals surface area contributed by atoms with E-state index in [0.717, 1.165) is 19.8 Å². The summed E-state index contributed by atoms with van der Waals surface area (Å²) in [5.74, 6) is -1.87. The third kappa shape index (κ3) is 6.74. The van der Waals surface area contributed by atoms with Crippen LogP contribution in [0.4, 0.5) is 8.78 Å². The Hall–Kier alpha value is -0.900. The highest BCUT2D eigenvalue weighted by Gasteiger charge is 2.19. The molecular weight excluding hydrogens is 254 g/mol. The minimum absolute atomic E-state index is 0.0522. The molecule has 0 aliphatic rings. The number of benzene rings is 1. The average Bonchev–Trinajstić information content (AvgIpc) is 2.33. The number of rotatable bonds is 7. The monoisotopic (exact) mass is 272 g/mol. The van der Waals surface area contributed by atoms with Crippen LogP contribution in [0.3, 0.4) is 0 Å². The summed E-state index contributed by atoms with van der Waals surface area (Å²) in [7, 11) is 0. The Bertz CT molecular complexity index is 360. The van der Waals surface area contributed by atoms with E-state index in [9.17, 15) is 13.6 Å². The van der Waals surface area contributed by atoms with E-state index < -0.39 is 5.92 Å². The van der Waals surface area contributed by atoms with Crippen molar-refractivity contribution in [3.05, 3.63) is 35.9 Å². The maximum absolute atomic E-state index is 12.5. The summed E-state index contributed by atoms with van der Waals surface area (Å²) < 4.78 is 25.0. The van der Waals surface area contributed by atoms with Gasteiger partial charge in [0, 0.05) is 17.7 Å². The Kier molecular flexibility index (Phi) is 6.33. The quantitative estimate of drug-likeness (QED) is 0.665. The molecule has 18 heavy (non-hydrogen) atoms. The molecule has 0 atom stereocenters. The van der Waals surface area contributed by atoms with Crippen LogP contribution in [-0.2, 0) is 0 Å². The standard InChI is InChI=1S/C14H18F2OS/c1-14(15,16)10-6-3-7-11-18-13(17)12-8-4-2-5-9-12/h2,4-5,8-9H,3,6-7,10-11H2,1H3. The molecule has 1 aromatic rings. The average molecular weight is 272 g/mol. The number of alkyl halides is 2. The summed E-state index contributed by atoms with van der Waals surface area (Å²) in [6.45, 7) is 0.945. The molecular formula is C14H18F2OS. The molecule has 0 fully saturated rings. The van der Waals surface area contributed by atoms with Gasteiger partial charge in [0.15, 0.2) is 0 Å². The number of carbonyl (C=O) groups is 1. The van der Waals surface area contributed by atoms with E-state index in [1.165, 1.54) is 11.8 Å². The molecule has 0 radical (unpaired) electrons. The van der Waals surface area contributed by atoms with Crippen LogP contribution in [0, 0.1) is 0 Å². The summed E-state index contributed by atoms with van der Waals surface area (Å²) in [4.78, 5) is 11.7. The highest BCUT2D eigenvalue weighted by Crippen LogP contribution is 2.21. The fraction of sp³-hybridized carbons (Fsp3) is 0.500. The van der Waals surface area contributed by atoms with Crippen molar-refractivity contribution in [1.82, 2.24) is 0 Å². The van der Waals surface area contributed by atoms with Gasteiger partial charge < -0.3 is 0 Å². The molecule has 1 rings (SSSR count). The normalized spacial score (nSPS) is 11.5. The zero-order valence-corrected chi connectivity index (χ0v) is 11.3. The number of thioether (sulfide) groups is 1. The lowest BCUT2D eigenvalue weighted by molar-refractivity contribution is 0.0105. The molecule has 0 aromatic heterocycles. The molecule has 0 heterocycles. The second-order valence-corrected chi connectivity index (χ2v) is 5.45. The van der Waals surface area contributed by atoms with E-state index in [1.807, 2.05) is 18.2 Å². The van der Waals surface area contributed by atoms with Crippen LogP contribution < -0.4 is 0 Å². The van der Waals surface area contributed by atoms with Crippen LogP contribution in [0.2, 0.25) is 0 Å². The highest BCUT2D eigenvalue weighted by atomic mass is 32.2. The van der Waals surface area contributed by atoms with Crippen LogP contribution in [-0.4, -0.2) is 16.8 Å². The molecule has 100 valence electrons. The molecule has 1 nitrogen and oxygen atoms in total. The second kappa shape index (κ2) is 7.52. The Morgan fingerprint density at radius 2 is 1.83 bits per heavy atom. The van der Waals surface area contributed by atoms with Gasteiger partial charge in [0.1, 0.15) is 0 Å². The Balaban J connectivity index is 2.10. The lowest BCUT2D eigenvalue weighted by atomic mass is 10.1. The summed E-state index contributed by atoms with van der Waals surface area (Å²) in [5.41, 5.74) is 0.697. The smallest absolute Gasteiger partial charge is 0.245 e. The molecule has 0 amide bonds. The number of hydrogen-bond acceptors (Lipinski definition) is 2. The van der Waals surface area contributed by atoms with E-state index >= 15 is 0 Å². The van der Waals surface area contributed by atoms with E-state index in [2.05, 4.69) is 0 Å². The van der Waals surface area contributed by atoms with Crippen LogP contribution in [0.5, 0.6) is 0 Å². The van der Waals surface area contributed by atoms with Gasteiger partial charge in [-0.1, -0.05) is 48.5 Å². The lowest BCUT2D eigenvalue weighted by Crippen LogP contribution is -2.08. The van der Waals surface area contributed by atoms with Gasteiger partial charge in [-0.15, -0.1) is 0 Å². The molecule has 0 spiro atoms. The first-order valence-electron chi connectivity index (χ1n) is 6.09. The van der Waals surface area contributed by atoms with Crippen LogP contribution in [0.15, 0.2) is 30.3 Å². The third-order valence-electron chi connectivity index (χ3n) is 2.50. The van der Waals surface area contributed by atoms with Crippen LogP contribution >= 0.6 is 11.8 Å². The van der Waals surface area contributed by atoms with Crippen LogP contribution in [0.1, 0.15) is 43.0 Å². The van der Waals surface area contributed by atoms with Gasteiger partial charge in [0.25, 0.3) is 0 Å². The minimum atomic E-state index is -2.56. The van der Waals surface area contributed by atoms with Gasteiger partial charge in [-0.3, -0.25) is 4.79 Å². The minimum Gasteiger partial charge on any atom is -0.282 e. The Labute approximate surface area is 111 Å². The van der Waals surface area contributed by atoms with Gasteiger partial charge in [0.2, 0.25) is 11.0 Å². The van der Waals surface area contributed by atoms with Gasteiger partial charge in [-0.05, 0) is 19.8 Å². The summed E-state index contributed by atoms with van der Waals surface area (Å²) in [5, 5.41) is 0.0522. The van der Waals surface area contributed by atoms with Gasteiger partial charge in [0.05, 0.1) is 0 Å². The first-order chi connectivity index (χ1) is 8.49. The molecule has 4 heteroatoms. The van der Waals surface area contributed by atoms with Gasteiger partial charge >= 0.3 is 0 Å². The third-order valence-corrected chi connectivity index (χ3v) is 3.49. The molecule has 0 aliphatic heterocycles. The fourth-order valence-corrected chi connectivity index (χ4v) is 2.37. The predicted molar refractivity (Wildman–Crippen MR) is 72.3 cm³/mol. The van der Waals surface area contributed by atoms with Crippen molar-refractivity contribution in [3.63, 3.8) is 0 Å². The number of carbonyl (C=O) groups excluding carboxylic acids is 1. The zero-order chi connectivity index (χ0) is 13.4. The summed E-state index contributed by atoms with van der Waals surface area (Å²) in [6.07, 6.45) is 2.01. The molecule has 0 aliphatic carbocycles. The molecule has 0 unspecified atom stereocenters. The van der Waals surface area contributed by atoms with Crippen molar-refractivity contribution in [2.24, 2.45) is 0 Å². The molecule has 0 saturated carbocycles. The van der Waals surface area contributed by atoms with E-state index in [-0.39, 0.29) is 11.5 Å². The lowest BCUT2D eigenvalue weighted by Gasteiger charge is -2.08. The number of halogens is 2. The van der Waals surface area contributed by atoms with E-state index in [4.69, 9.17) is 0 Å². The first kappa shape index (κ1) is 15.2. The van der Waals surface area contributed by atoms with Crippen molar-refractivity contribution >= 4 is 16.9 Å². The van der Waals surface area contributed by atoms with Crippen molar-refractivity contribution in [1.29, 1.82) is 0 Å². The molecule has 0 bridgehead atoms. The van der Waals surface area contributed by atoms with E-state index in [1.54, 1.807) is 12.1 Å². The number of hydrogen-bond donors (Lipinski definition) is 0. The SMILES string of the molecule is CC(F)(F)CCCCCSC(=O)c1ccccc1. The van der Waals surface area contributed by atoms with Crippen molar-refractivity contribution in [2.45, 2.75) is 38.5 Å². The highest BCUT2D eigenvalue weighted by molar-refractivity contribution is 8.14. The predicted octanol–water partition coefficient (Wildman–Crippen LogP) is 4.78. The Morgan fingerprint density at radius 1 is 1.17 bits per heavy atom. The van der Waals surface area contributed by atoms with E-state index in [0.29, 0.717) is 17.7 Å². The van der Waals surface area contributed by atoms with Gasteiger partial charge in [-0.25, -0.2) is 8.78 Å². The van der Waals surface area contributed by atoms with Crippen molar-refractivity contribution in [3.8, 4) is 0 Å². The van der Waals surface area contributed by atoms with Crippen molar-refractivity contribution < 1.29 is 13.6 Å². The molecule has 0 saturated heterocycles. The van der Waals surface area contributed by atoms with Crippen molar-refractivity contribution in [2.75, 3.05) is 5.75 Å².